The lowest BCUT2D eigenvalue weighted by molar-refractivity contribution is -0.167. The van der Waals surface area contributed by atoms with Gasteiger partial charge in [0.05, 0.1) is 0 Å². The van der Waals surface area contributed by atoms with E-state index in [1.807, 2.05) is 0 Å². The first kappa shape index (κ1) is 21.4. The fourth-order valence-electron chi connectivity index (χ4n) is 2.13. The second-order valence-corrected chi connectivity index (χ2v) is 6.10. The van der Waals surface area contributed by atoms with Crippen LogP contribution in [0.5, 0.6) is 0 Å². The molecule has 0 saturated heterocycles. The van der Waals surface area contributed by atoms with Crippen molar-refractivity contribution in [1.29, 1.82) is 0 Å². The van der Waals surface area contributed by atoms with Crippen LogP contribution in [0.4, 0.5) is 0 Å². The van der Waals surface area contributed by atoms with Crippen molar-refractivity contribution >= 4 is 0 Å². The monoisotopic (exact) mass is 310 g/mol. The lowest BCUT2D eigenvalue weighted by Gasteiger charge is -2.22. The van der Waals surface area contributed by atoms with Crippen molar-refractivity contribution in [2.24, 2.45) is 5.92 Å². The van der Waals surface area contributed by atoms with Crippen molar-refractivity contribution in [3.8, 4) is 0 Å². The fraction of sp³-hybridized carbons (Fsp3) is 0.800. The Morgan fingerprint density at radius 3 is 1.50 bits per heavy atom. The minimum atomic E-state index is -0.0441. The molecule has 130 valence electrons. The van der Waals surface area contributed by atoms with Gasteiger partial charge >= 0.3 is 0 Å². The molecule has 2 nitrogen and oxygen atoms in total. The van der Waals surface area contributed by atoms with E-state index in [1.165, 1.54) is 12.8 Å². The topological polar surface area (TPSA) is 18.5 Å². The number of ether oxygens (including phenoxy) is 2. The molecule has 0 unspecified atom stereocenters. The normalized spacial score (nSPS) is 12.5. The van der Waals surface area contributed by atoms with Crippen molar-refractivity contribution in [2.45, 2.75) is 85.4 Å². The van der Waals surface area contributed by atoms with Crippen LogP contribution >= 0.6 is 0 Å². The molecule has 0 N–H and O–H groups in total. The Morgan fingerprint density at radius 2 is 1.14 bits per heavy atom. The second kappa shape index (κ2) is 16.8. The first-order valence-electron chi connectivity index (χ1n) is 9.25. The molecule has 0 heterocycles. The molecule has 0 aromatic carbocycles. The molecule has 0 fully saturated rings. The Labute approximate surface area is 139 Å². The molecule has 0 atom stereocenters. The Bertz CT molecular complexity index is 245. The minimum absolute atomic E-state index is 0.0441. The van der Waals surface area contributed by atoms with Gasteiger partial charge in [0, 0.05) is 19.1 Å². The SMILES string of the molecule is CC/C=C\CCCCOC(OCCCC/C=C\CC)C(C)C. The standard InChI is InChI=1S/C20H38O2/c1-5-7-9-11-13-15-17-21-20(19(3)4)22-18-16-14-12-10-8-6-2/h7-10,19-20H,5-6,11-18H2,1-4H3/b9-7-,10-8-. The summed E-state index contributed by atoms with van der Waals surface area (Å²) in [6, 6.07) is 0. The second-order valence-electron chi connectivity index (χ2n) is 6.10. The van der Waals surface area contributed by atoms with E-state index >= 15 is 0 Å². The molecule has 22 heavy (non-hydrogen) atoms. The summed E-state index contributed by atoms with van der Waals surface area (Å²) in [6.07, 6.45) is 18.2. The van der Waals surface area contributed by atoms with Crippen molar-refractivity contribution in [2.75, 3.05) is 13.2 Å². The predicted octanol–water partition coefficient (Wildman–Crippen LogP) is 6.27. The van der Waals surface area contributed by atoms with Gasteiger partial charge in [-0.05, 0) is 51.4 Å². The van der Waals surface area contributed by atoms with Gasteiger partial charge in [0.2, 0.25) is 0 Å². The van der Waals surface area contributed by atoms with E-state index in [4.69, 9.17) is 9.47 Å². The van der Waals surface area contributed by atoms with Crippen LogP contribution in [0.2, 0.25) is 0 Å². The number of unbranched alkanes of at least 4 members (excludes halogenated alkanes) is 4. The van der Waals surface area contributed by atoms with Crippen molar-refractivity contribution < 1.29 is 9.47 Å². The number of hydrogen-bond acceptors (Lipinski definition) is 2. The quantitative estimate of drug-likeness (QED) is 0.201. The third kappa shape index (κ3) is 14.3. The molecular weight excluding hydrogens is 272 g/mol. The summed E-state index contributed by atoms with van der Waals surface area (Å²) in [5.41, 5.74) is 0. The van der Waals surface area contributed by atoms with Crippen LogP contribution < -0.4 is 0 Å². The lowest BCUT2D eigenvalue weighted by atomic mass is 10.2. The highest BCUT2D eigenvalue weighted by molar-refractivity contribution is 4.80. The third-order valence-corrected chi connectivity index (χ3v) is 3.44. The zero-order valence-electron chi connectivity index (χ0n) is 15.4. The highest BCUT2D eigenvalue weighted by Gasteiger charge is 2.13. The highest BCUT2D eigenvalue weighted by atomic mass is 16.7. The van der Waals surface area contributed by atoms with Gasteiger partial charge in [-0.25, -0.2) is 0 Å². The largest absolute Gasteiger partial charge is 0.352 e. The summed E-state index contributed by atoms with van der Waals surface area (Å²) in [6.45, 7) is 10.3. The Hall–Kier alpha value is -0.600. The highest BCUT2D eigenvalue weighted by Crippen LogP contribution is 2.11. The van der Waals surface area contributed by atoms with Gasteiger partial charge in [-0.2, -0.15) is 0 Å². The molecule has 0 rings (SSSR count). The minimum Gasteiger partial charge on any atom is -0.352 e. The van der Waals surface area contributed by atoms with Crippen LogP contribution in [0.15, 0.2) is 24.3 Å². The summed E-state index contributed by atoms with van der Waals surface area (Å²) < 4.78 is 11.8. The molecular formula is C20H38O2. The Morgan fingerprint density at radius 1 is 0.682 bits per heavy atom. The molecule has 0 amide bonds. The van der Waals surface area contributed by atoms with E-state index in [-0.39, 0.29) is 6.29 Å². The zero-order chi connectivity index (χ0) is 16.5. The molecule has 2 heteroatoms. The molecule has 0 spiro atoms. The Balaban J connectivity index is 3.61. The predicted molar refractivity (Wildman–Crippen MR) is 97.1 cm³/mol. The first-order valence-corrected chi connectivity index (χ1v) is 9.25. The van der Waals surface area contributed by atoms with Gasteiger partial charge in [-0.15, -0.1) is 0 Å². The molecule has 0 radical (unpaired) electrons. The van der Waals surface area contributed by atoms with Crippen LogP contribution in [0.1, 0.15) is 79.1 Å². The molecule has 0 aliphatic carbocycles. The van der Waals surface area contributed by atoms with Crippen molar-refractivity contribution in [3.05, 3.63) is 24.3 Å². The zero-order valence-corrected chi connectivity index (χ0v) is 15.4. The molecule has 0 saturated carbocycles. The van der Waals surface area contributed by atoms with Crippen LogP contribution in [0, 0.1) is 5.92 Å². The number of allylic oxidation sites excluding steroid dienone is 4. The van der Waals surface area contributed by atoms with E-state index < -0.39 is 0 Å². The van der Waals surface area contributed by atoms with Crippen LogP contribution in [-0.2, 0) is 9.47 Å². The summed E-state index contributed by atoms with van der Waals surface area (Å²) in [7, 11) is 0. The number of hydrogen-bond donors (Lipinski definition) is 0. The molecule has 0 aliphatic rings. The molecule has 0 bridgehead atoms. The first-order chi connectivity index (χ1) is 10.7. The van der Waals surface area contributed by atoms with Crippen molar-refractivity contribution in [3.63, 3.8) is 0 Å². The lowest BCUT2D eigenvalue weighted by Crippen LogP contribution is -2.24. The summed E-state index contributed by atoms with van der Waals surface area (Å²) in [5, 5.41) is 0. The van der Waals surface area contributed by atoms with Crippen LogP contribution in [-0.4, -0.2) is 19.5 Å². The molecule has 0 aromatic heterocycles. The average Bonchev–Trinajstić information content (AvgIpc) is 2.50. The third-order valence-electron chi connectivity index (χ3n) is 3.44. The summed E-state index contributed by atoms with van der Waals surface area (Å²) in [4.78, 5) is 0. The van der Waals surface area contributed by atoms with E-state index in [0.29, 0.717) is 5.92 Å². The van der Waals surface area contributed by atoms with Gasteiger partial charge in [0.15, 0.2) is 6.29 Å². The number of rotatable bonds is 15. The van der Waals surface area contributed by atoms with E-state index in [9.17, 15) is 0 Å². The summed E-state index contributed by atoms with van der Waals surface area (Å²) in [5.74, 6) is 0.417. The average molecular weight is 311 g/mol. The van der Waals surface area contributed by atoms with Gasteiger partial charge in [0.1, 0.15) is 0 Å². The van der Waals surface area contributed by atoms with Gasteiger partial charge < -0.3 is 9.47 Å². The van der Waals surface area contributed by atoms with E-state index in [2.05, 4.69) is 52.0 Å². The fourth-order valence-corrected chi connectivity index (χ4v) is 2.13. The van der Waals surface area contributed by atoms with Gasteiger partial charge in [-0.3, -0.25) is 0 Å². The van der Waals surface area contributed by atoms with Crippen LogP contribution in [0.25, 0.3) is 0 Å². The van der Waals surface area contributed by atoms with E-state index in [0.717, 1.165) is 51.7 Å². The molecule has 0 aromatic rings. The molecule has 0 aliphatic heterocycles. The van der Waals surface area contributed by atoms with Gasteiger partial charge in [0.25, 0.3) is 0 Å². The maximum atomic E-state index is 5.89. The van der Waals surface area contributed by atoms with Crippen molar-refractivity contribution in [1.82, 2.24) is 0 Å². The maximum absolute atomic E-state index is 5.89. The smallest absolute Gasteiger partial charge is 0.159 e. The van der Waals surface area contributed by atoms with Crippen LogP contribution in [0.3, 0.4) is 0 Å². The van der Waals surface area contributed by atoms with Gasteiger partial charge in [-0.1, -0.05) is 52.0 Å². The maximum Gasteiger partial charge on any atom is 0.159 e. The Kier molecular flexibility index (Phi) is 16.3. The van der Waals surface area contributed by atoms with E-state index in [1.54, 1.807) is 0 Å². The summed E-state index contributed by atoms with van der Waals surface area (Å²) >= 11 is 0.